The summed E-state index contributed by atoms with van der Waals surface area (Å²) in [4.78, 5) is 27.4. The molecule has 1 amide bonds. The van der Waals surface area contributed by atoms with E-state index >= 15 is 0 Å². The predicted octanol–water partition coefficient (Wildman–Crippen LogP) is 4.87. The van der Waals surface area contributed by atoms with E-state index in [1.54, 1.807) is 11.0 Å². The van der Waals surface area contributed by atoms with Crippen molar-refractivity contribution in [2.24, 2.45) is 11.3 Å². The first kappa shape index (κ1) is 24.5. The number of rotatable bonds is 5. The van der Waals surface area contributed by atoms with Crippen molar-refractivity contribution in [1.82, 2.24) is 19.9 Å². The lowest BCUT2D eigenvalue weighted by Crippen LogP contribution is -2.52. The van der Waals surface area contributed by atoms with E-state index in [2.05, 4.69) is 41.0 Å². The lowest BCUT2D eigenvalue weighted by Gasteiger charge is -2.45. The summed E-state index contributed by atoms with van der Waals surface area (Å²) in [6.45, 7) is 7.34. The molecule has 1 saturated heterocycles. The number of hydrogen-bond donors (Lipinski definition) is 2. The number of nitrogens with one attached hydrogen (secondary N) is 1. The largest absolute Gasteiger partial charge is 0.465 e. The summed E-state index contributed by atoms with van der Waals surface area (Å²) in [5.41, 5.74) is -0.991. The molecule has 1 aliphatic rings. The van der Waals surface area contributed by atoms with Crippen LogP contribution in [0, 0.1) is 11.3 Å². The van der Waals surface area contributed by atoms with Crippen molar-refractivity contribution in [3.63, 3.8) is 0 Å². The van der Waals surface area contributed by atoms with Crippen LogP contribution in [0.3, 0.4) is 0 Å². The fourth-order valence-corrected chi connectivity index (χ4v) is 4.13. The third kappa shape index (κ3) is 6.23. The van der Waals surface area contributed by atoms with Crippen molar-refractivity contribution in [1.29, 1.82) is 0 Å². The second-order valence-corrected chi connectivity index (χ2v) is 9.45. The molecular weight excluding hydrogens is 437 g/mol. The number of nitrogens with zero attached hydrogens (tertiary/aromatic N) is 5. The summed E-state index contributed by atoms with van der Waals surface area (Å²) in [7, 11) is 1.90. The second-order valence-electron chi connectivity index (χ2n) is 9.45. The van der Waals surface area contributed by atoms with E-state index in [-0.39, 0.29) is 23.2 Å². The summed E-state index contributed by atoms with van der Waals surface area (Å²) in [5, 5.41) is 12.5. The topological polar surface area (TPSA) is 94.5 Å². The average Bonchev–Trinajstić information content (AvgIpc) is 2.73. The van der Waals surface area contributed by atoms with Crippen molar-refractivity contribution >= 4 is 23.5 Å². The van der Waals surface area contributed by atoms with Crippen LogP contribution in [-0.4, -0.2) is 57.2 Å². The molecular formula is C22H29F3N6O2. The number of aromatic nitrogens is 3. The van der Waals surface area contributed by atoms with Gasteiger partial charge in [-0.25, -0.2) is 19.7 Å². The number of halogens is 3. The zero-order chi connectivity index (χ0) is 24.4. The number of carbonyl (C=O) groups is 1. The van der Waals surface area contributed by atoms with Gasteiger partial charge in [0.1, 0.15) is 23.8 Å². The lowest BCUT2D eigenvalue weighted by atomic mass is 9.77. The highest BCUT2D eigenvalue weighted by atomic mass is 19.4. The lowest BCUT2D eigenvalue weighted by molar-refractivity contribution is -0.137. The third-order valence-electron chi connectivity index (χ3n) is 5.88. The van der Waals surface area contributed by atoms with E-state index in [9.17, 15) is 23.1 Å². The van der Waals surface area contributed by atoms with Gasteiger partial charge in [0, 0.05) is 38.4 Å². The van der Waals surface area contributed by atoms with E-state index < -0.39 is 17.8 Å². The van der Waals surface area contributed by atoms with Gasteiger partial charge in [-0.15, -0.1) is 0 Å². The molecule has 0 aromatic carbocycles. The smallest absolute Gasteiger partial charge is 0.417 e. The minimum Gasteiger partial charge on any atom is -0.465 e. The zero-order valence-corrected chi connectivity index (χ0v) is 19.1. The first-order chi connectivity index (χ1) is 15.3. The highest BCUT2D eigenvalue weighted by Crippen LogP contribution is 2.35. The van der Waals surface area contributed by atoms with E-state index in [0.29, 0.717) is 24.7 Å². The van der Waals surface area contributed by atoms with Crippen LogP contribution in [0.5, 0.6) is 0 Å². The average molecular weight is 467 g/mol. The molecule has 11 heteroatoms. The molecule has 1 fully saturated rings. The molecule has 1 aliphatic heterocycles. The van der Waals surface area contributed by atoms with Crippen LogP contribution in [0.15, 0.2) is 30.7 Å². The molecule has 0 saturated carbocycles. The summed E-state index contributed by atoms with van der Waals surface area (Å²) in [6.07, 6.45) is -1.66. The Labute approximate surface area is 190 Å². The molecule has 8 nitrogen and oxygen atoms in total. The summed E-state index contributed by atoms with van der Waals surface area (Å²) >= 11 is 0. The van der Waals surface area contributed by atoms with Crippen LogP contribution in [0.25, 0.3) is 0 Å². The molecule has 0 bridgehead atoms. The summed E-state index contributed by atoms with van der Waals surface area (Å²) in [5.74, 6) is 1.59. The summed E-state index contributed by atoms with van der Waals surface area (Å²) in [6, 6.07) is 3.83. The highest BCUT2D eigenvalue weighted by Gasteiger charge is 2.39. The maximum Gasteiger partial charge on any atom is 0.417 e. The van der Waals surface area contributed by atoms with E-state index in [0.717, 1.165) is 25.1 Å². The number of amides is 1. The first-order valence-electron chi connectivity index (χ1n) is 10.7. The standard InChI is InChI=1S/C22H29F3N6O2/c1-21(2,3)16-9-14(7-8-31(16)20(32)33)12-30(4)19-10-18(27-13-28-19)29-17-6-5-15(11-26-17)22(23,24)25/h5-6,10-11,13-14,16H,7-9,12H2,1-4H3,(H,32,33)(H,26,27,28,29). The first-order valence-corrected chi connectivity index (χ1v) is 10.7. The number of likely N-dealkylation sites (tertiary alicyclic amines) is 1. The van der Waals surface area contributed by atoms with Crippen LogP contribution < -0.4 is 10.2 Å². The van der Waals surface area contributed by atoms with Crippen molar-refractivity contribution in [2.45, 2.75) is 45.8 Å². The highest BCUT2D eigenvalue weighted by molar-refractivity contribution is 5.65. The Hall–Kier alpha value is -3.11. The molecule has 0 aliphatic carbocycles. The molecule has 3 heterocycles. The van der Waals surface area contributed by atoms with Crippen LogP contribution >= 0.6 is 0 Å². The van der Waals surface area contributed by atoms with Gasteiger partial charge in [-0.3, -0.25) is 0 Å². The number of pyridine rings is 1. The van der Waals surface area contributed by atoms with Gasteiger partial charge in [-0.1, -0.05) is 20.8 Å². The third-order valence-corrected chi connectivity index (χ3v) is 5.88. The number of anilines is 3. The summed E-state index contributed by atoms with van der Waals surface area (Å²) < 4.78 is 38.1. The molecule has 180 valence electrons. The molecule has 2 aromatic rings. The molecule has 2 N–H and O–H groups in total. The Balaban J connectivity index is 1.66. The minimum atomic E-state index is -4.44. The molecule has 2 aromatic heterocycles. The van der Waals surface area contributed by atoms with Crippen LogP contribution in [0.4, 0.5) is 35.4 Å². The fourth-order valence-electron chi connectivity index (χ4n) is 4.13. The van der Waals surface area contributed by atoms with Gasteiger partial charge >= 0.3 is 12.3 Å². The molecule has 33 heavy (non-hydrogen) atoms. The molecule has 2 atom stereocenters. The van der Waals surface area contributed by atoms with Gasteiger partial charge < -0.3 is 20.2 Å². The van der Waals surface area contributed by atoms with Crippen molar-refractivity contribution in [3.8, 4) is 0 Å². The van der Waals surface area contributed by atoms with Crippen LogP contribution in [0.2, 0.25) is 0 Å². The molecule has 0 spiro atoms. The van der Waals surface area contributed by atoms with Gasteiger partial charge in [-0.05, 0) is 36.3 Å². The number of piperidine rings is 1. The van der Waals surface area contributed by atoms with E-state index in [1.807, 2.05) is 11.9 Å². The second kappa shape index (κ2) is 9.40. The maximum atomic E-state index is 12.7. The van der Waals surface area contributed by atoms with Gasteiger partial charge in [0.15, 0.2) is 0 Å². The van der Waals surface area contributed by atoms with Crippen LogP contribution in [-0.2, 0) is 6.18 Å². The quantitative estimate of drug-likeness (QED) is 0.649. The SMILES string of the molecule is CN(CC1CCN(C(=O)O)C(C(C)(C)C)C1)c1cc(Nc2ccc(C(F)(F)F)cn2)ncn1. The van der Waals surface area contributed by atoms with Gasteiger partial charge in [-0.2, -0.15) is 13.2 Å². The predicted molar refractivity (Wildman–Crippen MR) is 119 cm³/mol. The van der Waals surface area contributed by atoms with Crippen LogP contribution in [0.1, 0.15) is 39.2 Å². The maximum absolute atomic E-state index is 12.7. The Kier molecular flexibility index (Phi) is 6.99. The normalized spacial score (nSPS) is 19.3. The Morgan fingerprint density at radius 2 is 1.94 bits per heavy atom. The van der Waals surface area contributed by atoms with Crippen molar-refractivity contribution < 1.29 is 23.1 Å². The minimum absolute atomic E-state index is 0.0736. The van der Waals surface area contributed by atoms with E-state index in [1.165, 1.54) is 12.4 Å². The van der Waals surface area contributed by atoms with Gasteiger partial charge in [0.05, 0.1) is 5.56 Å². The Morgan fingerprint density at radius 1 is 1.21 bits per heavy atom. The number of hydrogen-bond acceptors (Lipinski definition) is 6. The van der Waals surface area contributed by atoms with Crippen molar-refractivity contribution in [2.75, 3.05) is 30.4 Å². The van der Waals surface area contributed by atoms with Gasteiger partial charge in [0.25, 0.3) is 0 Å². The molecule has 2 unspecified atom stereocenters. The molecule has 3 rings (SSSR count). The van der Waals surface area contributed by atoms with E-state index in [4.69, 9.17) is 0 Å². The number of carboxylic acid groups (broad SMARTS) is 1. The Morgan fingerprint density at radius 3 is 2.52 bits per heavy atom. The number of alkyl halides is 3. The fraction of sp³-hybridized carbons (Fsp3) is 0.545. The van der Waals surface area contributed by atoms with Gasteiger partial charge in [0.2, 0.25) is 0 Å². The zero-order valence-electron chi connectivity index (χ0n) is 19.1. The molecule has 0 radical (unpaired) electrons. The van der Waals surface area contributed by atoms with Crippen molar-refractivity contribution in [3.05, 3.63) is 36.3 Å². The Bertz CT molecular complexity index is 962. The monoisotopic (exact) mass is 466 g/mol.